The zero-order chi connectivity index (χ0) is 23.1. The van der Waals surface area contributed by atoms with E-state index in [4.69, 9.17) is 9.72 Å². The van der Waals surface area contributed by atoms with Gasteiger partial charge in [-0.15, -0.1) is 0 Å². The van der Waals surface area contributed by atoms with Gasteiger partial charge in [0.1, 0.15) is 5.75 Å². The van der Waals surface area contributed by atoms with Crippen molar-refractivity contribution >= 4 is 23.0 Å². The number of rotatable bonds is 4. The van der Waals surface area contributed by atoms with Gasteiger partial charge in [-0.2, -0.15) is 0 Å². The number of benzene rings is 2. The molecule has 0 bridgehead atoms. The summed E-state index contributed by atoms with van der Waals surface area (Å²) < 4.78 is 7.61. The first kappa shape index (κ1) is 20.5. The number of piperidine rings is 1. The van der Waals surface area contributed by atoms with Gasteiger partial charge >= 0.3 is 6.03 Å². The average Bonchev–Trinajstić information content (AvgIpc) is 3.27. The number of carbonyl (C=O) groups excluding carboxylic acids is 1. The van der Waals surface area contributed by atoms with Crippen LogP contribution in [0.4, 0.5) is 10.7 Å². The van der Waals surface area contributed by atoms with E-state index in [1.807, 2.05) is 36.2 Å². The lowest BCUT2D eigenvalue weighted by Gasteiger charge is -2.77. The van der Waals surface area contributed by atoms with Crippen LogP contribution >= 0.6 is 0 Å². The highest BCUT2D eigenvalue weighted by Gasteiger charge is 2.80. The molecule has 7 nitrogen and oxygen atoms in total. The van der Waals surface area contributed by atoms with Crippen LogP contribution in [0.15, 0.2) is 42.5 Å². The van der Waals surface area contributed by atoms with E-state index in [2.05, 4.69) is 53.9 Å². The number of likely N-dealkylation sites (N-methyl/N-ethyl adjacent to an activating group) is 2. The maximum atomic E-state index is 13.6. The van der Waals surface area contributed by atoms with Crippen LogP contribution in [0.2, 0.25) is 0 Å². The van der Waals surface area contributed by atoms with Gasteiger partial charge in [0.25, 0.3) is 0 Å². The summed E-state index contributed by atoms with van der Waals surface area (Å²) in [5, 5.41) is 3.11. The monoisotopic (exact) mass is 445 g/mol. The van der Waals surface area contributed by atoms with E-state index >= 15 is 0 Å². The number of aromatic nitrogens is 2. The van der Waals surface area contributed by atoms with Crippen molar-refractivity contribution in [3.63, 3.8) is 0 Å². The average molecular weight is 446 g/mol. The topological polar surface area (TPSA) is 62.6 Å². The Balaban J connectivity index is 1.34. The van der Waals surface area contributed by atoms with Crippen LogP contribution < -0.4 is 10.1 Å². The lowest BCUT2D eigenvalue weighted by molar-refractivity contribution is -0.234. The van der Waals surface area contributed by atoms with Crippen molar-refractivity contribution in [2.75, 3.05) is 33.1 Å². The van der Waals surface area contributed by atoms with Crippen molar-refractivity contribution in [3.8, 4) is 5.75 Å². The van der Waals surface area contributed by atoms with E-state index in [9.17, 15) is 4.79 Å². The van der Waals surface area contributed by atoms with E-state index in [1.165, 1.54) is 11.1 Å². The Labute approximate surface area is 194 Å². The van der Waals surface area contributed by atoms with E-state index < -0.39 is 0 Å². The number of aryl methyl sites for hydroxylation is 1. The lowest BCUT2D eigenvalue weighted by Crippen LogP contribution is -2.89. The Hall–Kier alpha value is -3.06. The third-order valence-electron chi connectivity index (χ3n) is 8.81. The molecule has 1 aliphatic heterocycles. The number of imidazole rings is 1. The molecule has 2 fully saturated rings. The molecule has 0 radical (unpaired) electrons. The normalized spacial score (nSPS) is 29.5. The Bertz CT molecular complexity index is 1280. The number of nitrogens with zero attached hydrogens (tertiary/aromatic N) is 4. The first-order chi connectivity index (χ1) is 15.9. The number of methoxy groups -OCH3 is 1. The van der Waals surface area contributed by atoms with Crippen LogP contribution in [-0.2, 0) is 18.4 Å². The fourth-order valence-corrected chi connectivity index (χ4v) is 7.31. The molecule has 1 spiro atoms. The highest BCUT2D eigenvalue weighted by Crippen LogP contribution is 2.71. The van der Waals surface area contributed by atoms with Crippen molar-refractivity contribution in [1.82, 2.24) is 19.4 Å². The second-order valence-corrected chi connectivity index (χ2v) is 10.1. The van der Waals surface area contributed by atoms with Gasteiger partial charge in [0.2, 0.25) is 5.95 Å². The molecule has 2 aliphatic carbocycles. The number of para-hydroxylation sites is 2. The number of ether oxygens (including phenoxy) is 1. The Morgan fingerprint density at radius 2 is 2.09 bits per heavy atom. The molecule has 33 heavy (non-hydrogen) atoms. The number of hydrogen-bond donors (Lipinski definition) is 1. The van der Waals surface area contributed by atoms with E-state index in [-0.39, 0.29) is 22.9 Å². The van der Waals surface area contributed by atoms with Crippen LogP contribution in [0.3, 0.4) is 0 Å². The number of amides is 2. The minimum absolute atomic E-state index is 0.0732. The maximum Gasteiger partial charge on any atom is 0.324 e. The van der Waals surface area contributed by atoms with Gasteiger partial charge in [-0.05, 0) is 55.8 Å². The Morgan fingerprint density at radius 3 is 2.82 bits per heavy atom. The van der Waals surface area contributed by atoms with Crippen LogP contribution in [0.25, 0.3) is 11.0 Å². The zero-order valence-corrected chi connectivity index (χ0v) is 19.9. The quantitative estimate of drug-likeness (QED) is 0.665. The molecule has 172 valence electrons. The standard InChI is InChI=1S/C26H31N5O2/c1-6-31-20-10-8-7-9-19(20)27-23(31)28-24(32)30(4)21-22-26(15-29(22)3)14-16-11-12-17(33-5)13-18(16)25(21,26)2/h7-13,21-22H,6,14-15H2,1-5H3,(H,27,28,32)/t21-,22-,25+,26-/m0/s1. The van der Waals surface area contributed by atoms with Gasteiger partial charge in [0.15, 0.2) is 0 Å². The molecule has 6 rings (SSSR count). The summed E-state index contributed by atoms with van der Waals surface area (Å²) in [5.74, 6) is 1.48. The van der Waals surface area contributed by atoms with Crippen LogP contribution in [0, 0.1) is 5.41 Å². The largest absolute Gasteiger partial charge is 0.497 e. The van der Waals surface area contributed by atoms with Gasteiger partial charge in [-0.1, -0.05) is 25.1 Å². The second-order valence-electron chi connectivity index (χ2n) is 10.1. The van der Waals surface area contributed by atoms with Crippen molar-refractivity contribution in [3.05, 3.63) is 53.6 Å². The molecule has 2 heterocycles. The Kier molecular flexibility index (Phi) is 4.19. The summed E-state index contributed by atoms with van der Waals surface area (Å²) in [6.45, 7) is 6.21. The van der Waals surface area contributed by atoms with Crippen molar-refractivity contribution in [2.24, 2.45) is 5.41 Å². The minimum Gasteiger partial charge on any atom is -0.497 e. The van der Waals surface area contributed by atoms with Crippen LogP contribution in [-0.4, -0.2) is 65.2 Å². The van der Waals surface area contributed by atoms with Crippen LogP contribution in [0.1, 0.15) is 25.0 Å². The summed E-state index contributed by atoms with van der Waals surface area (Å²) in [4.78, 5) is 22.6. The molecule has 1 N–H and O–H groups in total. The number of fused-ring (bicyclic) bond motifs is 3. The van der Waals surface area contributed by atoms with E-state index in [0.29, 0.717) is 12.0 Å². The summed E-state index contributed by atoms with van der Waals surface area (Å²) in [6.07, 6.45) is 1.06. The fraction of sp³-hybridized carbons (Fsp3) is 0.462. The van der Waals surface area contributed by atoms with Gasteiger partial charge in [0, 0.05) is 37.0 Å². The summed E-state index contributed by atoms with van der Waals surface area (Å²) >= 11 is 0. The Morgan fingerprint density at radius 1 is 1.30 bits per heavy atom. The predicted octanol–water partition coefficient (Wildman–Crippen LogP) is 3.73. The molecule has 2 aromatic carbocycles. The lowest BCUT2D eigenvalue weighted by atomic mass is 9.39. The number of hydrogen-bond acceptors (Lipinski definition) is 4. The molecular formula is C26H31N5O2. The molecule has 0 unspecified atom stereocenters. The molecule has 1 saturated heterocycles. The van der Waals surface area contributed by atoms with E-state index in [1.54, 1.807) is 7.11 Å². The zero-order valence-electron chi connectivity index (χ0n) is 19.9. The van der Waals surface area contributed by atoms with Gasteiger partial charge in [0.05, 0.1) is 24.2 Å². The van der Waals surface area contributed by atoms with Crippen LogP contribution in [0.5, 0.6) is 5.75 Å². The molecule has 3 aromatic rings. The number of likely N-dealkylation sites (tertiary alicyclic amines) is 1. The van der Waals surface area contributed by atoms with Crippen molar-refractivity contribution < 1.29 is 9.53 Å². The highest BCUT2D eigenvalue weighted by atomic mass is 16.5. The minimum atomic E-state index is -0.114. The molecule has 1 saturated carbocycles. The summed E-state index contributed by atoms with van der Waals surface area (Å²) in [5.41, 5.74) is 4.72. The molecule has 3 aliphatic rings. The van der Waals surface area contributed by atoms with Crippen molar-refractivity contribution in [1.29, 1.82) is 0 Å². The van der Waals surface area contributed by atoms with Gasteiger partial charge in [-0.25, -0.2) is 9.78 Å². The first-order valence-electron chi connectivity index (χ1n) is 11.7. The summed E-state index contributed by atoms with van der Waals surface area (Å²) in [6, 6.07) is 14.8. The van der Waals surface area contributed by atoms with Gasteiger partial charge < -0.3 is 19.1 Å². The van der Waals surface area contributed by atoms with E-state index in [0.717, 1.165) is 36.3 Å². The fourth-order valence-electron chi connectivity index (χ4n) is 7.31. The second kappa shape index (κ2) is 6.73. The number of carbonyl (C=O) groups is 1. The molecule has 7 heteroatoms. The predicted molar refractivity (Wildman–Crippen MR) is 129 cm³/mol. The molecule has 2 amide bonds. The third kappa shape index (κ3) is 2.38. The summed E-state index contributed by atoms with van der Waals surface area (Å²) in [7, 11) is 5.82. The number of anilines is 1. The molecule has 4 atom stereocenters. The number of nitrogens with one attached hydrogen (secondary N) is 1. The molecule has 1 aromatic heterocycles. The maximum absolute atomic E-state index is 13.6. The highest BCUT2D eigenvalue weighted by molar-refractivity contribution is 5.91. The number of urea groups is 1. The molecular weight excluding hydrogens is 414 g/mol. The van der Waals surface area contributed by atoms with Gasteiger partial charge in [-0.3, -0.25) is 5.32 Å². The van der Waals surface area contributed by atoms with Crippen molar-refractivity contribution in [2.45, 2.75) is 44.3 Å². The first-order valence-corrected chi connectivity index (χ1v) is 11.7. The SMILES string of the molecule is CCn1c(NC(=O)N(C)[C@H]2[C@@H]3N(C)C[C@@]34Cc3ccc(OC)cc3[C@]24C)nc2ccccc21. The third-order valence-corrected chi connectivity index (χ3v) is 8.81. The smallest absolute Gasteiger partial charge is 0.324 e.